The summed E-state index contributed by atoms with van der Waals surface area (Å²) in [6.45, 7) is 2.13. The van der Waals surface area contributed by atoms with Gasteiger partial charge in [-0.25, -0.2) is 14.8 Å². The van der Waals surface area contributed by atoms with Gasteiger partial charge in [-0.05, 0) is 24.1 Å². The molecule has 19 heavy (non-hydrogen) atoms. The van der Waals surface area contributed by atoms with Gasteiger partial charge in [-0.3, -0.25) is 0 Å². The fourth-order valence-corrected chi connectivity index (χ4v) is 1.61. The Morgan fingerprint density at radius 1 is 1.21 bits per heavy atom. The van der Waals surface area contributed by atoms with Crippen LogP contribution in [-0.4, -0.2) is 21.0 Å². The molecule has 0 aliphatic rings. The number of carbonyl (C=O) groups is 1. The zero-order valence-electron chi connectivity index (χ0n) is 10.5. The normalized spacial score (nSPS) is 10.2. The van der Waals surface area contributed by atoms with Crippen LogP contribution in [0.4, 0.5) is 0 Å². The Balaban J connectivity index is 2.06. The van der Waals surface area contributed by atoms with Crippen molar-refractivity contribution in [2.75, 3.05) is 0 Å². The molecule has 0 radical (unpaired) electrons. The zero-order valence-corrected chi connectivity index (χ0v) is 10.5. The summed E-state index contributed by atoms with van der Waals surface area (Å²) >= 11 is 0. The minimum atomic E-state index is -1.11. The van der Waals surface area contributed by atoms with Gasteiger partial charge >= 0.3 is 5.97 Å². The van der Waals surface area contributed by atoms with Gasteiger partial charge in [-0.15, -0.1) is 0 Å². The molecule has 1 aromatic heterocycles. The molecule has 0 aliphatic heterocycles. The van der Waals surface area contributed by atoms with Crippen LogP contribution in [0.5, 0.6) is 11.6 Å². The molecule has 0 aliphatic carbocycles. The lowest BCUT2D eigenvalue weighted by Gasteiger charge is -2.05. The summed E-state index contributed by atoms with van der Waals surface area (Å²) in [5.41, 5.74) is 1.15. The second-order valence-corrected chi connectivity index (χ2v) is 4.04. The first-order valence-corrected chi connectivity index (χ1v) is 6.01. The highest BCUT2D eigenvalue weighted by Crippen LogP contribution is 2.19. The quantitative estimate of drug-likeness (QED) is 0.892. The second-order valence-electron chi connectivity index (χ2n) is 4.04. The van der Waals surface area contributed by atoms with Crippen LogP contribution >= 0.6 is 0 Å². The number of carboxylic acids is 1. The molecule has 0 atom stereocenters. The van der Waals surface area contributed by atoms with Crippen LogP contribution in [0.25, 0.3) is 0 Å². The van der Waals surface area contributed by atoms with Crippen LogP contribution in [0.15, 0.2) is 36.7 Å². The minimum Gasteiger partial charge on any atom is -0.476 e. The number of carboxylic acid groups (broad SMARTS) is 1. The van der Waals surface area contributed by atoms with Crippen LogP contribution in [0.1, 0.15) is 29.4 Å². The molecular formula is C14H14N2O3. The van der Waals surface area contributed by atoms with Gasteiger partial charge in [-0.2, -0.15) is 0 Å². The third-order valence-corrected chi connectivity index (χ3v) is 2.53. The van der Waals surface area contributed by atoms with E-state index < -0.39 is 5.97 Å². The highest BCUT2D eigenvalue weighted by Gasteiger charge is 2.06. The standard InChI is InChI=1S/C14H14N2O3/c1-2-3-10-4-6-11(7-5-10)19-13-9-15-12(8-16-13)14(17)18/h4-9H,2-3H2,1H3,(H,17,18). The summed E-state index contributed by atoms with van der Waals surface area (Å²) in [7, 11) is 0. The molecule has 2 rings (SSSR count). The molecule has 0 bridgehead atoms. The maximum Gasteiger partial charge on any atom is 0.356 e. The van der Waals surface area contributed by atoms with E-state index in [2.05, 4.69) is 16.9 Å². The maximum absolute atomic E-state index is 10.6. The molecule has 0 saturated carbocycles. The summed E-state index contributed by atoms with van der Waals surface area (Å²) in [5, 5.41) is 8.70. The van der Waals surface area contributed by atoms with E-state index in [0.717, 1.165) is 12.8 Å². The first-order valence-electron chi connectivity index (χ1n) is 6.01. The molecule has 0 fully saturated rings. The molecular weight excluding hydrogens is 244 g/mol. The van der Waals surface area contributed by atoms with Crippen LogP contribution < -0.4 is 4.74 Å². The van der Waals surface area contributed by atoms with Gasteiger partial charge in [0.2, 0.25) is 5.88 Å². The van der Waals surface area contributed by atoms with Crippen LogP contribution in [0.3, 0.4) is 0 Å². The van der Waals surface area contributed by atoms with Gasteiger partial charge in [-0.1, -0.05) is 25.5 Å². The summed E-state index contributed by atoms with van der Waals surface area (Å²) in [6.07, 6.45) is 4.60. The maximum atomic E-state index is 10.6. The van der Waals surface area contributed by atoms with Crippen molar-refractivity contribution in [2.24, 2.45) is 0 Å². The molecule has 5 heteroatoms. The molecule has 5 nitrogen and oxygen atoms in total. The van der Waals surface area contributed by atoms with E-state index in [-0.39, 0.29) is 11.6 Å². The average molecular weight is 258 g/mol. The fourth-order valence-electron chi connectivity index (χ4n) is 1.61. The van der Waals surface area contributed by atoms with Crippen molar-refractivity contribution in [2.45, 2.75) is 19.8 Å². The van der Waals surface area contributed by atoms with E-state index in [1.807, 2.05) is 24.3 Å². The van der Waals surface area contributed by atoms with Crippen LogP contribution in [0.2, 0.25) is 0 Å². The smallest absolute Gasteiger partial charge is 0.356 e. The molecule has 2 aromatic rings. The summed E-state index contributed by atoms with van der Waals surface area (Å²) in [5.74, 6) is -0.187. The minimum absolute atomic E-state index is 0.106. The Hall–Kier alpha value is -2.43. The zero-order chi connectivity index (χ0) is 13.7. The van der Waals surface area contributed by atoms with Crippen LogP contribution in [-0.2, 0) is 6.42 Å². The Bertz CT molecular complexity index is 550. The largest absolute Gasteiger partial charge is 0.476 e. The third kappa shape index (κ3) is 3.51. The van der Waals surface area contributed by atoms with E-state index >= 15 is 0 Å². The van der Waals surface area contributed by atoms with Gasteiger partial charge in [0.15, 0.2) is 5.69 Å². The first kappa shape index (κ1) is 13.0. The molecule has 0 spiro atoms. The third-order valence-electron chi connectivity index (χ3n) is 2.53. The number of hydrogen-bond donors (Lipinski definition) is 1. The summed E-state index contributed by atoms with van der Waals surface area (Å²) < 4.78 is 5.48. The molecule has 1 aromatic carbocycles. The lowest BCUT2D eigenvalue weighted by atomic mass is 10.1. The topological polar surface area (TPSA) is 72.3 Å². The SMILES string of the molecule is CCCc1ccc(Oc2cnc(C(=O)O)cn2)cc1. The highest BCUT2D eigenvalue weighted by atomic mass is 16.5. The number of rotatable bonds is 5. The summed E-state index contributed by atoms with van der Waals surface area (Å²) in [6, 6.07) is 7.71. The second kappa shape index (κ2) is 5.95. The number of aromatic carboxylic acids is 1. The van der Waals surface area contributed by atoms with Crippen LogP contribution in [0, 0.1) is 0 Å². The number of hydrogen-bond acceptors (Lipinski definition) is 4. The fraction of sp³-hybridized carbons (Fsp3) is 0.214. The van der Waals surface area contributed by atoms with E-state index in [9.17, 15) is 4.79 Å². The molecule has 98 valence electrons. The lowest BCUT2D eigenvalue weighted by molar-refractivity contribution is 0.0690. The molecule has 1 N–H and O–H groups in total. The van der Waals surface area contributed by atoms with Gasteiger partial charge in [0.1, 0.15) is 5.75 Å². The van der Waals surface area contributed by atoms with Gasteiger partial charge in [0.25, 0.3) is 0 Å². The number of aromatic nitrogens is 2. The van der Waals surface area contributed by atoms with Gasteiger partial charge in [0.05, 0.1) is 12.4 Å². The number of nitrogens with zero attached hydrogens (tertiary/aromatic N) is 2. The van der Waals surface area contributed by atoms with E-state index in [1.165, 1.54) is 18.0 Å². The monoisotopic (exact) mass is 258 g/mol. The predicted octanol–water partition coefficient (Wildman–Crippen LogP) is 2.92. The molecule has 0 unspecified atom stereocenters. The van der Waals surface area contributed by atoms with E-state index in [0.29, 0.717) is 5.75 Å². The van der Waals surface area contributed by atoms with Crippen molar-refractivity contribution in [1.29, 1.82) is 0 Å². The molecule has 0 amide bonds. The van der Waals surface area contributed by atoms with Crippen molar-refractivity contribution < 1.29 is 14.6 Å². The first-order chi connectivity index (χ1) is 9.19. The highest BCUT2D eigenvalue weighted by molar-refractivity contribution is 5.84. The van der Waals surface area contributed by atoms with Crippen molar-refractivity contribution in [3.63, 3.8) is 0 Å². The van der Waals surface area contributed by atoms with E-state index in [1.54, 1.807) is 0 Å². The number of ether oxygens (including phenoxy) is 1. The van der Waals surface area contributed by atoms with Crippen molar-refractivity contribution >= 4 is 5.97 Å². The lowest BCUT2D eigenvalue weighted by Crippen LogP contribution is -2.01. The Morgan fingerprint density at radius 3 is 2.47 bits per heavy atom. The average Bonchev–Trinajstić information content (AvgIpc) is 2.42. The van der Waals surface area contributed by atoms with Crippen molar-refractivity contribution in [3.05, 3.63) is 47.9 Å². The molecule has 1 heterocycles. The van der Waals surface area contributed by atoms with Crippen molar-refractivity contribution in [3.8, 4) is 11.6 Å². The Labute approximate surface area is 110 Å². The van der Waals surface area contributed by atoms with Crippen molar-refractivity contribution in [1.82, 2.24) is 9.97 Å². The Morgan fingerprint density at radius 2 is 1.95 bits per heavy atom. The number of aryl methyl sites for hydroxylation is 1. The predicted molar refractivity (Wildman–Crippen MR) is 69.5 cm³/mol. The summed E-state index contributed by atoms with van der Waals surface area (Å²) in [4.78, 5) is 18.2. The molecule has 0 saturated heterocycles. The van der Waals surface area contributed by atoms with Gasteiger partial charge < -0.3 is 9.84 Å². The number of benzene rings is 1. The Kier molecular flexibility index (Phi) is 4.07. The van der Waals surface area contributed by atoms with E-state index in [4.69, 9.17) is 9.84 Å². The van der Waals surface area contributed by atoms with Gasteiger partial charge in [0, 0.05) is 0 Å².